The van der Waals surface area contributed by atoms with Gasteiger partial charge in [0.05, 0.1) is 11.1 Å². The average Bonchev–Trinajstić information content (AvgIpc) is 3.86. The highest BCUT2D eigenvalue weighted by atomic mass is 16.3. The fourth-order valence-electron chi connectivity index (χ4n) is 10.5. The molecule has 338 valence electrons. The lowest BCUT2D eigenvalue weighted by molar-refractivity contribution is 0.670. The maximum absolute atomic E-state index is 6.82. The van der Waals surface area contributed by atoms with Crippen molar-refractivity contribution in [3.05, 3.63) is 285 Å². The molecule has 0 saturated carbocycles. The molecule has 2 heteroatoms. The van der Waals surface area contributed by atoms with Gasteiger partial charge in [-0.3, -0.25) is 0 Å². The van der Waals surface area contributed by atoms with E-state index in [1.165, 1.54) is 66.4 Å². The zero-order chi connectivity index (χ0) is 47.8. The normalized spacial score (nSPS) is 11.3. The average molecular weight is 918 g/mol. The Labute approximate surface area is 420 Å². The summed E-state index contributed by atoms with van der Waals surface area (Å²) in [6.45, 7) is 0. The van der Waals surface area contributed by atoms with Crippen LogP contribution in [0.3, 0.4) is 0 Å². The first kappa shape index (κ1) is 42.6. The Morgan fingerprint density at radius 2 is 0.708 bits per heavy atom. The van der Waals surface area contributed by atoms with Crippen LogP contribution in [-0.2, 0) is 0 Å². The Bertz CT molecular complexity index is 4060. The number of benzene rings is 12. The van der Waals surface area contributed by atoms with Gasteiger partial charge in [-0.05, 0) is 144 Å². The highest BCUT2D eigenvalue weighted by Gasteiger charge is 2.23. The molecule has 0 aliphatic carbocycles. The molecule has 0 radical (unpaired) electrons. The molecule has 13 rings (SSSR count). The summed E-state index contributed by atoms with van der Waals surface area (Å²) in [4.78, 5) is 2.39. The Kier molecular flexibility index (Phi) is 10.9. The minimum atomic E-state index is 0.859. The van der Waals surface area contributed by atoms with E-state index in [1.54, 1.807) is 0 Å². The van der Waals surface area contributed by atoms with Crippen LogP contribution in [0.25, 0.3) is 111 Å². The number of anilines is 3. The second-order valence-electron chi connectivity index (χ2n) is 18.4. The van der Waals surface area contributed by atoms with Gasteiger partial charge in [0.15, 0.2) is 0 Å². The van der Waals surface area contributed by atoms with Crippen molar-refractivity contribution in [2.24, 2.45) is 0 Å². The maximum Gasteiger partial charge on any atom is 0.145 e. The van der Waals surface area contributed by atoms with Gasteiger partial charge in [0.1, 0.15) is 11.2 Å². The standard InChI is InChI=1S/C70H47NO/c1-4-18-50(19-5-1)63-42-37-58(47-66(63)52-22-8-3-9-23-52)62-28-13-12-27-61(62)53-35-40-60(41-36-53)71(67-44-43-64(51-20-6-2-7-21-51)70-69(67)65-29-14-15-30-68(65)72-70)59-38-33-49(34-39-59)55-25-16-26-56(45-55)57-32-31-48-17-10-11-24-54(48)46-57/h1-47H. The molecule has 0 N–H and O–H groups in total. The first-order chi connectivity index (χ1) is 35.7. The van der Waals surface area contributed by atoms with Crippen molar-refractivity contribution in [1.82, 2.24) is 0 Å². The topological polar surface area (TPSA) is 16.4 Å². The summed E-state index contributed by atoms with van der Waals surface area (Å²) >= 11 is 0. The molecule has 13 aromatic rings. The number of fused-ring (bicyclic) bond motifs is 4. The smallest absolute Gasteiger partial charge is 0.145 e. The van der Waals surface area contributed by atoms with Gasteiger partial charge in [-0.25, -0.2) is 0 Å². The molecular weight excluding hydrogens is 871 g/mol. The Balaban J connectivity index is 0.924. The quantitative estimate of drug-likeness (QED) is 0.136. The monoisotopic (exact) mass is 917 g/mol. The number of rotatable bonds is 10. The number of furan rings is 1. The number of nitrogens with zero attached hydrogens (tertiary/aromatic N) is 1. The van der Waals surface area contributed by atoms with E-state index in [0.29, 0.717) is 0 Å². The zero-order valence-corrected chi connectivity index (χ0v) is 39.5. The molecule has 0 fully saturated rings. The molecular formula is C70H47NO. The van der Waals surface area contributed by atoms with E-state index in [2.05, 4.69) is 290 Å². The van der Waals surface area contributed by atoms with Crippen LogP contribution in [-0.4, -0.2) is 0 Å². The largest absolute Gasteiger partial charge is 0.455 e. The second kappa shape index (κ2) is 18.4. The molecule has 72 heavy (non-hydrogen) atoms. The lowest BCUT2D eigenvalue weighted by Gasteiger charge is -2.27. The molecule has 0 atom stereocenters. The van der Waals surface area contributed by atoms with Crippen molar-refractivity contribution in [1.29, 1.82) is 0 Å². The van der Waals surface area contributed by atoms with Crippen LogP contribution in [0.15, 0.2) is 290 Å². The van der Waals surface area contributed by atoms with Gasteiger partial charge in [-0.15, -0.1) is 0 Å². The molecule has 0 amide bonds. The van der Waals surface area contributed by atoms with E-state index in [1.807, 2.05) is 0 Å². The third-order valence-corrected chi connectivity index (χ3v) is 14.1. The predicted molar refractivity (Wildman–Crippen MR) is 304 cm³/mol. The SMILES string of the molecule is c1ccc(-c2ccc(-c3ccccc3-c3ccc(N(c4ccc(-c5cccc(-c6ccc7ccccc7c6)c5)cc4)c4ccc(-c5ccccc5)c5oc6ccccc6c45)cc3)cc2-c2ccccc2)cc1. The van der Waals surface area contributed by atoms with Crippen molar-refractivity contribution in [3.8, 4) is 77.9 Å². The zero-order valence-electron chi connectivity index (χ0n) is 39.5. The van der Waals surface area contributed by atoms with Crippen LogP contribution in [0, 0.1) is 0 Å². The molecule has 1 aromatic heterocycles. The van der Waals surface area contributed by atoms with Crippen molar-refractivity contribution in [3.63, 3.8) is 0 Å². The van der Waals surface area contributed by atoms with Crippen LogP contribution in [0.5, 0.6) is 0 Å². The lowest BCUT2D eigenvalue weighted by atomic mass is 9.88. The van der Waals surface area contributed by atoms with Gasteiger partial charge < -0.3 is 9.32 Å². The fraction of sp³-hybridized carbons (Fsp3) is 0. The third-order valence-electron chi connectivity index (χ3n) is 14.1. The first-order valence-corrected chi connectivity index (χ1v) is 24.6. The Morgan fingerprint density at radius 1 is 0.250 bits per heavy atom. The Morgan fingerprint density at radius 3 is 1.40 bits per heavy atom. The van der Waals surface area contributed by atoms with Crippen molar-refractivity contribution < 1.29 is 4.42 Å². The molecule has 0 saturated heterocycles. The highest BCUT2D eigenvalue weighted by Crippen LogP contribution is 2.47. The summed E-state index contributed by atoms with van der Waals surface area (Å²) in [7, 11) is 0. The fourth-order valence-corrected chi connectivity index (χ4v) is 10.5. The number of hydrogen-bond acceptors (Lipinski definition) is 2. The van der Waals surface area contributed by atoms with Gasteiger partial charge in [-0.1, -0.05) is 224 Å². The van der Waals surface area contributed by atoms with Crippen molar-refractivity contribution in [2.45, 2.75) is 0 Å². The van der Waals surface area contributed by atoms with Gasteiger partial charge in [-0.2, -0.15) is 0 Å². The van der Waals surface area contributed by atoms with E-state index in [9.17, 15) is 0 Å². The van der Waals surface area contributed by atoms with E-state index in [4.69, 9.17) is 4.42 Å². The summed E-state index contributed by atoms with van der Waals surface area (Å²) in [5.41, 5.74) is 21.2. The molecule has 0 aliphatic rings. The van der Waals surface area contributed by atoms with Crippen molar-refractivity contribution >= 4 is 49.8 Å². The van der Waals surface area contributed by atoms with Crippen LogP contribution >= 0.6 is 0 Å². The van der Waals surface area contributed by atoms with Crippen LogP contribution in [0.2, 0.25) is 0 Å². The maximum atomic E-state index is 6.82. The number of hydrogen-bond donors (Lipinski definition) is 0. The van der Waals surface area contributed by atoms with E-state index < -0.39 is 0 Å². The lowest BCUT2D eigenvalue weighted by Crippen LogP contribution is -2.10. The summed E-state index contributed by atoms with van der Waals surface area (Å²) in [6.07, 6.45) is 0. The summed E-state index contributed by atoms with van der Waals surface area (Å²) < 4.78 is 6.82. The predicted octanol–water partition coefficient (Wildman–Crippen LogP) is 19.9. The van der Waals surface area contributed by atoms with E-state index in [0.717, 1.165) is 61.3 Å². The second-order valence-corrected chi connectivity index (χ2v) is 18.4. The van der Waals surface area contributed by atoms with Gasteiger partial charge in [0.25, 0.3) is 0 Å². The molecule has 0 aliphatic heterocycles. The van der Waals surface area contributed by atoms with Crippen LogP contribution in [0.1, 0.15) is 0 Å². The minimum absolute atomic E-state index is 0.859. The van der Waals surface area contributed by atoms with Gasteiger partial charge in [0, 0.05) is 22.3 Å². The van der Waals surface area contributed by atoms with Crippen molar-refractivity contribution in [2.75, 3.05) is 4.90 Å². The summed E-state index contributed by atoms with van der Waals surface area (Å²) in [6, 6.07) is 103. The van der Waals surface area contributed by atoms with Crippen LogP contribution in [0.4, 0.5) is 17.1 Å². The third kappa shape index (κ3) is 7.92. The van der Waals surface area contributed by atoms with Crippen LogP contribution < -0.4 is 4.90 Å². The molecule has 2 nitrogen and oxygen atoms in total. The van der Waals surface area contributed by atoms with Gasteiger partial charge in [0.2, 0.25) is 0 Å². The molecule has 1 heterocycles. The molecule has 0 bridgehead atoms. The molecule has 0 unspecified atom stereocenters. The number of para-hydroxylation sites is 1. The van der Waals surface area contributed by atoms with E-state index >= 15 is 0 Å². The van der Waals surface area contributed by atoms with Gasteiger partial charge >= 0.3 is 0 Å². The minimum Gasteiger partial charge on any atom is -0.455 e. The first-order valence-electron chi connectivity index (χ1n) is 24.6. The molecule has 12 aromatic carbocycles. The summed E-state index contributed by atoms with van der Waals surface area (Å²) in [5, 5.41) is 4.63. The Hall–Kier alpha value is -9.50. The summed E-state index contributed by atoms with van der Waals surface area (Å²) in [5.74, 6) is 0. The highest BCUT2D eigenvalue weighted by molar-refractivity contribution is 6.17. The van der Waals surface area contributed by atoms with E-state index in [-0.39, 0.29) is 0 Å². The molecule has 0 spiro atoms.